The van der Waals surface area contributed by atoms with Gasteiger partial charge in [0.15, 0.2) is 0 Å². The zero-order valence-electron chi connectivity index (χ0n) is 12.6. The predicted molar refractivity (Wildman–Crippen MR) is 93.0 cm³/mol. The SMILES string of the molecule is O=C1C(SCCO)=C(SCCO)C(=O)N1CCc1ccccc1. The van der Waals surface area contributed by atoms with Gasteiger partial charge in [-0.05, 0) is 12.0 Å². The lowest BCUT2D eigenvalue weighted by Gasteiger charge is -2.14. The van der Waals surface area contributed by atoms with E-state index >= 15 is 0 Å². The van der Waals surface area contributed by atoms with Crippen molar-refractivity contribution in [1.29, 1.82) is 0 Å². The molecule has 0 fully saturated rings. The van der Waals surface area contributed by atoms with Crippen LogP contribution >= 0.6 is 23.5 Å². The van der Waals surface area contributed by atoms with Crippen LogP contribution in [0, 0.1) is 0 Å². The van der Waals surface area contributed by atoms with E-state index in [4.69, 9.17) is 10.2 Å². The molecular weight excluding hydrogens is 334 g/mol. The maximum Gasteiger partial charge on any atom is 0.268 e. The first kappa shape index (κ1) is 18.1. The first-order chi connectivity index (χ1) is 11.2. The van der Waals surface area contributed by atoms with Crippen LogP contribution in [0.5, 0.6) is 0 Å². The summed E-state index contributed by atoms with van der Waals surface area (Å²) in [7, 11) is 0. The van der Waals surface area contributed by atoms with Crippen LogP contribution < -0.4 is 0 Å². The van der Waals surface area contributed by atoms with Crippen LogP contribution in [0.15, 0.2) is 40.1 Å². The van der Waals surface area contributed by atoms with Gasteiger partial charge in [-0.15, -0.1) is 23.5 Å². The molecule has 0 bridgehead atoms. The molecule has 1 aliphatic heterocycles. The van der Waals surface area contributed by atoms with Crippen LogP contribution in [0.4, 0.5) is 0 Å². The molecule has 7 heteroatoms. The van der Waals surface area contributed by atoms with E-state index in [1.807, 2.05) is 30.3 Å². The molecule has 0 aliphatic carbocycles. The minimum Gasteiger partial charge on any atom is -0.396 e. The quantitative estimate of drug-likeness (QED) is 0.651. The van der Waals surface area contributed by atoms with Crippen LogP contribution in [-0.4, -0.2) is 58.2 Å². The molecule has 2 N–H and O–H groups in total. The predicted octanol–water partition coefficient (Wildman–Crippen LogP) is 1.26. The highest BCUT2D eigenvalue weighted by molar-refractivity contribution is 8.08. The van der Waals surface area contributed by atoms with Gasteiger partial charge < -0.3 is 10.2 Å². The second-order valence-corrected chi connectivity index (χ2v) is 7.01. The standard InChI is InChI=1S/C16H19NO4S2/c18-8-10-22-13-14(23-11-9-19)16(21)17(15(13)20)7-6-12-4-2-1-3-5-12/h1-5,18-19H,6-11H2. The van der Waals surface area contributed by atoms with Gasteiger partial charge >= 0.3 is 0 Å². The Kier molecular flexibility index (Phi) is 7.16. The maximum absolute atomic E-state index is 12.5. The van der Waals surface area contributed by atoms with Crippen LogP contribution in [-0.2, 0) is 16.0 Å². The van der Waals surface area contributed by atoms with Crippen molar-refractivity contribution in [2.75, 3.05) is 31.3 Å². The summed E-state index contributed by atoms with van der Waals surface area (Å²) in [6, 6.07) is 9.69. The summed E-state index contributed by atoms with van der Waals surface area (Å²) >= 11 is 2.39. The fourth-order valence-electron chi connectivity index (χ4n) is 2.17. The lowest BCUT2D eigenvalue weighted by molar-refractivity contribution is -0.136. The smallest absolute Gasteiger partial charge is 0.268 e. The fourth-order valence-corrected chi connectivity index (χ4v) is 4.02. The van der Waals surface area contributed by atoms with Crippen molar-refractivity contribution in [3.63, 3.8) is 0 Å². The Morgan fingerprint density at radius 3 is 1.87 bits per heavy atom. The number of aliphatic hydroxyl groups excluding tert-OH is 2. The van der Waals surface area contributed by atoms with Crippen molar-refractivity contribution in [1.82, 2.24) is 4.90 Å². The zero-order valence-corrected chi connectivity index (χ0v) is 14.2. The van der Waals surface area contributed by atoms with E-state index in [-0.39, 0.29) is 25.0 Å². The van der Waals surface area contributed by atoms with Crippen LogP contribution in [0.25, 0.3) is 0 Å². The first-order valence-corrected chi connectivity index (χ1v) is 9.28. The average Bonchev–Trinajstić information content (AvgIpc) is 2.80. The van der Waals surface area contributed by atoms with Gasteiger partial charge in [-0.3, -0.25) is 14.5 Å². The van der Waals surface area contributed by atoms with Gasteiger partial charge in [0.05, 0.1) is 23.0 Å². The molecule has 0 atom stereocenters. The monoisotopic (exact) mass is 353 g/mol. The Morgan fingerprint density at radius 2 is 1.39 bits per heavy atom. The highest BCUT2D eigenvalue weighted by atomic mass is 32.2. The number of hydrogen-bond donors (Lipinski definition) is 2. The molecule has 1 aromatic carbocycles. The molecule has 0 saturated heterocycles. The Bertz CT molecular complexity index is 559. The van der Waals surface area contributed by atoms with E-state index in [2.05, 4.69) is 0 Å². The molecule has 1 heterocycles. The summed E-state index contributed by atoms with van der Waals surface area (Å²) < 4.78 is 0. The molecule has 2 rings (SSSR count). The summed E-state index contributed by atoms with van der Waals surface area (Å²) in [4.78, 5) is 27.0. The van der Waals surface area contributed by atoms with E-state index in [0.717, 1.165) is 5.56 Å². The van der Waals surface area contributed by atoms with Gasteiger partial charge in [-0.1, -0.05) is 30.3 Å². The number of imide groups is 1. The largest absolute Gasteiger partial charge is 0.396 e. The highest BCUT2D eigenvalue weighted by Crippen LogP contribution is 2.36. The molecule has 124 valence electrons. The van der Waals surface area contributed by atoms with Gasteiger partial charge in [-0.2, -0.15) is 0 Å². The number of rotatable bonds is 9. The maximum atomic E-state index is 12.5. The number of carbonyl (C=O) groups excluding carboxylic acids is 2. The van der Waals surface area contributed by atoms with Crippen LogP contribution in [0.2, 0.25) is 0 Å². The average molecular weight is 353 g/mol. The minimum atomic E-state index is -0.301. The van der Waals surface area contributed by atoms with Gasteiger partial charge in [0, 0.05) is 18.1 Å². The lowest BCUT2D eigenvalue weighted by atomic mass is 10.1. The fraction of sp³-hybridized carbons (Fsp3) is 0.375. The van der Waals surface area contributed by atoms with Crippen molar-refractivity contribution < 1.29 is 19.8 Å². The number of thioether (sulfide) groups is 2. The van der Waals surface area contributed by atoms with Gasteiger partial charge in [0.25, 0.3) is 11.8 Å². The van der Waals surface area contributed by atoms with Crippen LogP contribution in [0.3, 0.4) is 0 Å². The third kappa shape index (κ3) is 4.60. The molecule has 0 radical (unpaired) electrons. The summed E-state index contributed by atoms with van der Waals surface area (Å²) in [5.41, 5.74) is 1.06. The van der Waals surface area contributed by atoms with Crippen molar-refractivity contribution in [2.24, 2.45) is 0 Å². The molecule has 0 unspecified atom stereocenters. The molecule has 23 heavy (non-hydrogen) atoms. The number of amides is 2. The van der Waals surface area contributed by atoms with Crippen molar-refractivity contribution in [3.05, 3.63) is 45.7 Å². The molecule has 1 aromatic rings. The number of carbonyl (C=O) groups is 2. The summed E-state index contributed by atoms with van der Waals surface area (Å²) in [5, 5.41) is 17.9. The topological polar surface area (TPSA) is 77.8 Å². The Labute approximate surface area is 143 Å². The lowest BCUT2D eigenvalue weighted by Crippen LogP contribution is -2.33. The second kappa shape index (κ2) is 9.12. The van der Waals surface area contributed by atoms with E-state index < -0.39 is 0 Å². The van der Waals surface area contributed by atoms with Crippen molar-refractivity contribution in [2.45, 2.75) is 6.42 Å². The zero-order chi connectivity index (χ0) is 16.7. The Balaban J connectivity index is 2.08. The first-order valence-electron chi connectivity index (χ1n) is 7.30. The Hall–Kier alpha value is -1.28. The normalized spacial score (nSPS) is 15.0. The van der Waals surface area contributed by atoms with E-state index in [9.17, 15) is 9.59 Å². The van der Waals surface area contributed by atoms with E-state index in [0.29, 0.717) is 34.3 Å². The third-order valence-electron chi connectivity index (χ3n) is 3.23. The molecule has 2 amide bonds. The number of hydrogen-bond acceptors (Lipinski definition) is 6. The molecule has 0 saturated carbocycles. The second-order valence-electron chi connectivity index (χ2n) is 4.80. The van der Waals surface area contributed by atoms with Crippen molar-refractivity contribution >= 4 is 35.3 Å². The molecule has 0 aromatic heterocycles. The van der Waals surface area contributed by atoms with Crippen molar-refractivity contribution in [3.8, 4) is 0 Å². The summed E-state index contributed by atoms with van der Waals surface area (Å²) in [5.74, 6) is 0.128. The van der Waals surface area contributed by atoms with E-state index in [1.54, 1.807) is 0 Å². The van der Waals surface area contributed by atoms with Gasteiger partial charge in [0.2, 0.25) is 0 Å². The molecule has 0 spiro atoms. The molecular formula is C16H19NO4S2. The number of benzene rings is 1. The van der Waals surface area contributed by atoms with E-state index in [1.165, 1.54) is 28.4 Å². The number of nitrogens with zero attached hydrogens (tertiary/aromatic N) is 1. The third-order valence-corrected chi connectivity index (χ3v) is 5.46. The molecule has 1 aliphatic rings. The van der Waals surface area contributed by atoms with Gasteiger partial charge in [0.1, 0.15) is 0 Å². The Morgan fingerprint density at radius 1 is 0.870 bits per heavy atom. The number of aliphatic hydroxyl groups is 2. The van der Waals surface area contributed by atoms with Crippen LogP contribution in [0.1, 0.15) is 5.56 Å². The summed E-state index contributed by atoms with van der Waals surface area (Å²) in [6.07, 6.45) is 0.605. The molecule has 5 nitrogen and oxygen atoms in total. The highest BCUT2D eigenvalue weighted by Gasteiger charge is 2.38. The van der Waals surface area contributed by atoms with Gasteiger partial charge in [-0.25, -0.2) is 0 Å². The summed E-state index contributed by atoms with van der Waals surface area (Å²) in [6.45, 7) is 0.212. The minimum absolute atomic E-state index is 0.0579.